The number of amides is 2. The molecule has 25 heavy (non-hydrogen) atoms. The number of likely N-dealkylation sites (tertiary alicyclic amines) is 2. The van der Waals surface area contributed by atoms with E-state index in [1.54, 1.807) is 0 Å². The maximum absolute atomic E-state index is 12.5. The molecule has 2 aliphatic rings. The average molecular weight is 342 g/mol. The minimum atomic E-state index is 0.211. The van der Waals surface area contributed by atoms with Crippen molar-refractivity contribution in [3.05, 3.63) is 35.4 Å². The van der Waals surface area contributed by atoms with E-state index in [4.69, 9.17) is 0 Å². The van der Waals surface area contributed by atoms with Gasteiger partial charge in [0.1, 0.15) is 0 Å². The number of piperidine rings is 1. The van der Waals surface area contributed by atoms with Crippen LogP contribution in [0.2, 0.25) is 0 Å². The van der Waals surface area contributed by atoms with Crippen LogP contribution in [0.25, 0.3) is 0 Å². The Morgan fingerprint density at radius 1 is 1.20 bits per heavy atom. The van der Waals surface area contributed by atoms with Crippen molar-refractivity contribution in [1.29, 1.82) is 0 Å². The Kier molecular flexibility index (Phi) is 6.11. The first kappa shape index (κ1) is 18.0. The maximum atomic E-state index is 12.5. The molecule has 0 N–H and O–H groups in total. The first-order valence-corrected chi connectivity index (χ1v) is 9.73. The van der Waals surface area contributed by atoms with Gasteiger partial charge in [-0.15, -0.1) is 0 Å². The van der Waals surface area contributed by atoms with Gasteiger partial charge in [0.2, 0.25) is 11.8 Å². The summed E-state index contributed by atoms with van der Waals surface area (Å²) in [5.41, 5.74) is 2.79. The molecule has 0 bridgehead atoms. The van der Waals surface area contributed by atoms with Crippen LogP contribution in [-0.2, 0) is 16.0 Å². The molecule has 2 saturated heterocycles. The molecule has 2 fully saturated rings. The third kappa shape index (κ3) is 4.83. The van der Waals surface area contributed by atoms with Crippen LogP contribution < -0.4 is 0 Å². The van der Waals surface area contributed by atoms with Gasteiger partial charge in [0, 0.05) is 39.0 Å². The third-order valence-electron chi connectivity index (χ3n) is 5.72. The second kappa shape index (κ2) is 8.50. The van der Waals surface area contributed by atoms with E-state index in [-0.39, 0.29) is 11.8 Å². The van der Waals surface area contributed by atoms with E-state index < -0.39 is 0 Å². The molecule has 136 valence electrons. The van der Waals surface area contributed by atoms with Crippen LogP contribution in [0, 0.1) is 12.8 Å². The quantitative estimate of drug-likeness (QED) is 0.797. The highest BCUT2D eigenvalue weighted by Gasteiger charge is 2.25. The van der Waals surface area contributed by atoms with Gasteiger partial charge in [-0.05, 0) is 56.1 Å². The Hall–Kier alpha value is -1.84. The molecule has 1 unspecified atom stereocenters. The lowest BCUT2D eigenvalue weighted by atomic mass is 9.90. The van der Waals surface area contributed by atoms with Gasteiger partial charge in [0.05, 0.1) is 0 Å². The normalized spacial score (nSPS) is 21.0. The van der Waals surface area contributed by atoms with Gasteiger partial charge in [0.25, 0.3) is 0 Å². The summed E-state index contributed by atoms with van der Waals surface area (Å²) in [6.45, 7) is 5.37. The molecule has 0 aromatic heterocycles. The van der Waals surface area contributed by atoms with E-state index in [2.05, 4.69) is 31.2 Å². The number of hydrogen-bond acceptors (Lipinski definition) is 2. The third-order valence-corrected chi connectivity index (χ3v) is 5.72. The highest BCUT2D eigenvalue weighted by molar-refractivity contribution is 5.80. The number of carbonyl (C=O) groups excluding carboxylic acids is 2. The summed E-state index contributed by atoms with van der Waals surface area (Å²) in [5, 5.41) is 0. The molecule has 0 spiro atoms. The van der Waals surface area contributed by atoms with Crippen LogP contribution in [0.1, 0.15) is 49.7 Å². The standard InChI is InChI=1S/C21H30N2O2/c1-17-6-2-3-8-19(17)11-10-18-7-4-14-23(16-18)21(25)12-15-22-13-5-9-20(22)24/h2-3,6,8,18H,4-5,7,9-16H2,1H3. The highest BCUT2D eigenvalue weighted by atomic mass is 16.2. The van der Waals surface area contributed by atoms with Crippen LogP contribution in [-0.4, -0.2) is 47.8 Å². The molecule has 2 aliphatic heterocycles. The molecule has 0 saturated carbocycles. The highest BCUT2D eigenvalue weighted by Crippen LogP contribution is 2.23. The predicted octanol–water partition coefficient (Wildman–Crippen LogP) is 3.18. The van der Waals surface area contributed by atoms with Crippen molar-refractivity contribution in [2.24, 2.45) is 5.92 Å². The van der Waals surface area contributed by atoms with Crippen molar-refractivity contribution in [2.75, 3.05) is 26.2 Å². The summed E-state index contributed by atoms with van der Waals surface area (Å²) in [6, 6.07) is 8.59. The number of benzene rings is 1. The van der Waals surface area contributed by atoms with Gasteiger partial charge in [-0.1, -0.05) is 24.3 Å². The van der Waals surface area contributed by atoms with Crippen molar-refractivity contribution in [3.63, 3.8) is 0 Å². The summed E-state index contributed by atoms with van der Waals surface area (Å²) >= 11 is 0. The van der Waals surface area contributed by atoms with E-state index in [0.717, 1.165) is 45.3 Å². The van der Waals surface area contributed by atoms with Crippen LogP contribution in [0.15, 0.2) is 24.3 Å². The number of rotatable bonds is 6. The van der Waals surface area contributed by atoms with Gasteiger partial charge >= 0.3 is 0 Å². The first-order chi connectivity index (χ1) is 12.1. The summed E-state index contributed by atoms with van der Waals surface area (Å²) in [4.78, 5) is 28.1. The van der Waals surface area contributed by atoms with Crippen LogP contribution in [0.3, 0.4) is 0 Å². The molecule has 1 aromatic carbocycles. The average Bonchev–Trinajstić information content (AvgIpc) is 3.04. The molecule has 0 radical (unpaired) electrons. The fraction of sp³-hybridized carbons (Fsp3) is 0.619. The van der Waals surface area contributed by atoms with Crippen molar-refractivity contribution in [3.8, 4) is 0 Å². The van der Waals surface area contributed by atoms with Gasteiger partial charge in [-0.25, -0.2) is 0 Å². The monoisotopic (exact) mass is 342 g/mol. The minimum Gasteiger partial charge on any atom is -0.342 e. The number of carbonyl (C=O) groups is 2. The van der Waals surface area contributed by atoms with Crippen molar-refractivity contribution in [1.82, 2.24) is 9.80 Å². The number of nitrogens with zero attached hydrogens (tertiary/aromatic N) is 2. The molecule has 1 aromatic rings. The Morgan fingerprint density at radius 2 is 2.04 bits per heavy atom. The van der Waals surface area contributed by atoms with Crippen LogP contribution in [0.4, 0.5) is 0 Å². The summed E-state index contributed by atoms with van der Waals surface area (Å²) < 4.78 is 0. The van der Waals surface area contributed by atoms with Gasteiger partial charge < -0.3 is 9.80 Å². The molecular weight excluding hydrogens is 312 g/mol. The molecule has 2 heterocycles. The minimum absolute atomic E-state index is 0.211. The first-order valence-electron chi connectivity index (χ1n) is 9.73. The van der Waals surface area contributed by atoms with E-state index in [1.807, 2.05) is 9.80 Å². The van der Waals surface area contributed by atoms with Gasteiger partial charge in [-0.2, -0.15) is 0 Å². The SMILES string of the molecule is Cc1ccccc1CCC1CCCN(C(=O)CCN2CCCC2=O)C1. The lowest BCUT2D eigenvalue weighted by molar-refractivity contribution is -0.134. The molecule has 4 nitrogen and oxygen atoms in total. The Morgan fingerprint density at radius 3 is 2.80 bits per heavy atom. The molecular formula is C21H30N2O2. The Bertz CT molecular complexity index is 614. The Balaban J connectivity index is 1.44. The van der Waals surface area contributed by atoms with Crippen LogP contribution in [0.5, 0.6) is 0 Å². The van der Waals surface area contributed by atoms with Crippen molar-refractivity contribution >= 4 is 11.8 Å². The zero-order chi connectivity index (χ0) is 17.6. The fourth-order valence-corrected chi connectivity index (χ4v) is 4.11. The maximum Gasteiger partial charge on any atom is 0.224 e. The molecule has 1 atom stereocenters. The zero-order valence-electron chi connectivity index (χ0n) is 15.4. The summed E-state index contributed by atoms with van der Waals surface area (Å²) in [7, 11) is 0. The molecule has 3 rings (SSSR count). The van der Waals surface area contributed by atoms with E-state index in [9.17, 15) is 9.59 Å². The van der Waals surface area contributed by atoms with Crippen molar-refractivity contribution in [2.45, 2.75) is 51.9 Å². The number of aryl methyl sites for hydroxylation is 2. The Labute approximate surface area is 151 Å². The largest absolute Gasteiger partial charge is 0.342 e. The second-order valence-electron chi connectivity index (χ2n) is 7.55. The second-order valence-corrected chi connectivity index (χ2v) is 7.55. The number of hydrogen-bond donors (Lipinski definition) is 0. The van der Waals surface area contributed by atoms with E-state index in [0.29, 0.717) is 25.3 Å². The van der Waals surface area contributed by atoms with Gasteiger partial charge in [-0.3, -0.25) is 9.59 Å². The van der Waals surface area contributed by atoms with Crippen LogP contribution >= 0.6 is 0 Å². The smallest absolute Gasteiger partial charge is 0.224 e. The molecule has 2 amide bonds. The lowest BCUT2D eigenvalue weighted by Gasteiger charge is -2.33. The van der Waals surface area contributed by atoms with E-state index >= 15 is 0 Å². The van der Waals surface area contributed by atoms with Gasteiger partial charge in [0.15, 0.2) is 0 Å². The van der Waals surface area contributed by atoms with Crippen molar-refractivity contribution < 1.29 is 9.59 Å². The lowest BCUT2D eigenvalue weighted by Crippen LogP contribution is -2.41. The molecule has 4 heteroatoms. The zero-order valence-corrected chi connectivity index (χ0v) is 15.4. The summed E-state index contributed by atoms with van der Waals surface area (Å²) in [6.07, 6.45) is 6.65. The summed E-state index contributed by atoms with van der Waals surface area (Å²) in [5.74, 6) is 1.04. The van der Waals surface area contributed by atoms with E-state index in [1.165, 1.54) is 17.5 Å². The topological polar surface area (TPSA) is 40.6 Å². The fourth-order valence-electron chi connectivity index (χ4n) is 4.11. The predicted molar refractivity (Wildman–Crippen MR) is 99.2 cm³/mol. The molecule has 0 aliphatic carbocycles.